The van der Waals surface area contributed by atoms with Gasteiger partial charge in [-0.2, -0.15) is 8.42 Å². The van der Waals surface area contributed by atoms with Gasteiger partial charge in [-0.05, 0) is 39.0 Å². The Morgan fingerprint density at radius 1 is 0.815 bits per heavy atom. The van der Waals surface area contributed by atoms with E-state index in [1.54, 1.807) is 0 Å². The van der Waals surface area contributed by atoms with E-state index in [0.717, 1.165) is 25.7 Å². The summed E-state index contributed by atoms with van der Waals surface area (Å²) in [5.41, 5.74) is 0. The zero-order valence-electron chi connectivity index (χ0n) is 18.7. The molecule has 0 saturated carbocycles. The summed E-state index contributed by atoms with van der Waals surface area (Å²) in [6, 6.07) is 0. The monoisotopic (exact) mass is 414 g/mol. The van der Waals surface area contributed by atoms with Gasteiger partial charge in [-0.25, -0.2) is 4.79 Å². The summed E-state index contributed by atoms with van der Waals surface area (Å²) in [5.74, 6) is -0.840. The Hall–Kier alpha value is 0.120. The molecule has 0 atom stereocenters. The molecule has 0 aliphatic heterocycles. The van der Waals surface area contributed by atoms with Crippen LogP contribution in [0.1, 0.15) is 105 Å². The van der Waals surface area contributed by atoms with E-state index in [-0.39, 0.29) is 43.2 Å². The van der Waals surface area contributed by atoms with Gasteiger partial charge < -0.3 is 1.43 Å². The van der Waals surface area contributed by atoms with Crippen molar-refractivity contribution >= 4 is 16.1 Å². The van der Waals surface area contributed by atoms with E-state index in [1.165, 1.54) is 58.3 Å². The summed E-state index contributed by atoms with van der Waals surface area (Å²) < 4.78 is 26.2. The fraction of sp³-hybridized carbons (Fsp3) is 0.850. The zero-order chi connectivity index (χ0) is 19.5. The molecule has 0 heterocycles. The molecule has 0 rings (SSSR count). The second kappa shape index (κ2) is 20.8. The molecule has 0 spiro atoms. The molecule has 0 amide bonds. The van der Waals surface area contributed by atoms with Gasteiger partial charge in [-0.3, -0.25) is 4.89 Å². The predicted molar refractivity (Wildman–Crippen MR) is 107 cm³/mol. The largest absolute Gasteiger partial charge is 1.00 e. The quantitative estimate of drug-likeness (QED) is 0.113. The van der Waals surface area contributed by atoms with E-state index in [0.29, 0.717) is 6.42 Å². The molecular weight excluding hydrogens is 375 g/mol. The summed E-state index contributed by atoms with van der Waals surface area (Å²) >= 11 is 0. The van der Waals surface area contributed by atoms with Crippen molar-refractivity contribution in [1.82, 2.24) is 0 Å². The molecule has 27 heavy (non-hydrogen) atoms. The van der Waals surface area contributed by atoms with Crippen molar-refractivity contribution in [2.75, 3.05) is 5.75 Å². The summed E-state index contributed by atoms with van der Waals surface area (Å²) in [6.45, 7) is 3.67. The van der Waals surface area contributed by atoms with Crippen LogP contribution in [0.15, 0.2) is 12.2 Å². The maximum atomic E-state index is 11.3. The molecular formula is C20H39NaO5S. The fourth-order valence-electron chi connectivity index (χ4n) is 2.52. The van der Waals surface area contributed by atoms with Crippen molar-refractivity contribution in [1.29, 1.82) is 0 Å². The van der Waals surface area contributed by atoms with Gasteiger partial charge in [-0.1, -0.05) is 74.8 Å². The third-order valence-corrected chi connectivity index (χ3v) is 5.21. The predicted octanol–water partition coefficient (Wildman–Crippen LogP) is 2.96. The first-order valence-electron chi connectivity index (χ1n) is 10.3. The van der Waals surface area contributed by atoms with Gasteiger partial charge in [0.25, 0.3) is 0 Å². The number of hydrogen-bond acceptors (Lipinski definition) is 5. The van der Waals surface area contributed by atoms with Gasteiger partial charge in [0, 0.05) is 6.42 Å². The Kier molecular flexibility index (Phi) is 22.6. The van der Waals surface area contributed by atoms with Crippen LogP contribution in [0.25, 0.3) is 0 Å². The minimum absolute atomic E-state index is 0. The first-order chi connectivity index (χ1) is 12.5. The maximum Gasteiger partial charge on any atom is 1.00 e. The van der Waals surface area contributed by atoms with Crippen LogP contribution in [-0.2, 0) is 24.1 Å². The molecule has 7 heteroatoms. The third kappa shape index (κ3) is 22.3. The van der Waals surface area contributed by atoms with Crippen LogP contribution in [0.5, 0.6) is 0 Å². The molecule has 0 saturated heterocycles. The fourth-order valence-corrected chi connectivity index (χ4v) is 2.80. The number of hydrogen-bond donors (Lipinski definition) is 0. The van der Waals surface area contributed by atoms with Gasteiger partial charge in [0.2, 0.25) is 0 Å². The van der Waals surface area contributed by atoms with E-state index in [4.69, 9.17) is 0 Å². The van der Waals surface area contributed by atoms with Crippen LogP contribution in [0.4, 0.5) is 0 Å². The summed E-state index contributed by atoms with van der Waals surface area (Å²) in [7, 11) is -3.72. The van der Waals surface area contributed by atoms with E-state index in [9.17, 15) is 13.2 Å². The van der Waals surface area contributed by atoms with Crippen LogP contribution < -0.4 is 29.6 Å². The maximum absolute atomic E-state index is 11.3. The Morgan fingerprint density at radius 3 is 1.81 bits per heavy atom. The number of unbranched alkanes of at least 4 members (excludes halogenated alkanes) is 11. The Balaban J connectivity index is -0.00000312. The van der Waals surface area contributed by atoms with Crippen LogP contribution in [0.3, 0.4) is 0 Å². The van der Waals surface area contributed by atoms with Crippen molar-refractivity contribution in [3.05, 3.63) is 12.2 Å². The standard InChI is InChI=1S/C20H38O5S.Na.H/c1-3-5-6-7-8-9-10-11-12-13-14-15-16-17-18-19-20(21)24-25-26(22,23)4-2;;/h11-12H,3-10,13-19H2,1-2H3;;/q;+1;-1/b12-11-;;. The van der Waals surface area contributed by atoms with Gasteiger partial charge in [-0.15, -0.1) is 0 Å². The molecule has 0 radical (unpaired) electrons. The van der Waals surface area contributed by atoms with Gasteiger partial charge in [0.15, 0.2) is 0 Å². The second-order valence-electron chi connectivity index (χ2n) is 6.70. The van der Waals surface area contributed by atoms with Crippen molar-refractivity contribution in [3.63, 3.8) is 0 Å². The van der Waals surface area contributed by atoms with Crippen LogP contribution in [0, 0.1) is 0 Å². The smallest absolute Gasteiger partial charge is 1.00 e. The molecule has 0 aromatic carbocycles. The molecule has 0 aliphatic carbocycles. The average molecular weight is 415 g/mol. The molecule has 0 unspecified atom stereocenters. The van der Waals surface area contributed by atoms with Crippen LogP contribution >= 0.6 is 0 Å². The molecule has 0 aromatic rings. The summed E-state index contributed by atoms with van der Waals surface area (Å²) in [4.78, 5) is 15.6. The molecule has 0 aromatic heterocycles. The SMILES string of the molecule is CCCCCCCC/C=C\CCCCCCCC(=O)OOS(=O)(=O)CC.[H-].[Na+]. The first kappa shape index (κ1) is 29.3. The molecule has 0 N–H and O–H groups in total. The number of carbonyl (C=O) groups is 1. The Labute approximate surface area is 190 Å². The zero-order valence-corrected chi connectivity index (χ0v) is 20.5. The molecule has 0 bridgehead atoms. The van der Waals surface area contributed by atoms with E-state index < -0.39 is 16.1 Å². The van der Waals surface area contributed by atoms with E-state index in [1.807, 2.05) is 0 Å². The average Bonchev–Trinajstić information content (AvgIpc) is 2.63. The Bertz CT molecular complexity index is 469. The molecule has 5 nitrogen and oxygen atoms in total. The van der Waals surface area contributed by atoms with E-state index >= 15 is 0 Å². The minimum Gasteiger partial charge on any atom is -1.00 e. The number of rotatable bonds is 18. The minimum atomic E-state index is -3.72. The van der Waals surface area contributed by atoms with Crippen molar-refractivity contribution in [2.45, 2.75) is 104 Å². The van der Waals surface area contributed by atoms with Crippen molar-refractivity contribution in [2.24, 2.45) is 0 Å². The number of allylic oxidation sites excluding steroid dienone is 2. The topological polar surface area (TPSA) is 69.7 Å². The first-order valence-corrected chi connectivity index (χ1v) is 11.9. The van der Waals surface area contributed by atoms with Crippen LogP contribution in [-0.4, -0.2) is 20.1 Å². The van der Waals surface area contributed by atoms with Crippen molar-refractivity contribution in [3.8, 4) is 0 Å². The summed E-state index contributed by atoms with van der Waals surface area (Å²) in [5, 5.41) is 0. The second-order valence-corrected chi connectivity index (χ2v) is 8.53. The normalized spacial score (nSPS) is 11.5. The molecule has 156 valence electrons. The van der Waals surface area contributed by atoms with Gasteiger partial charge >= 0.3 is 45.6 Å². The van der Waals surface area contributed by atoms with Crippen molar-refractivity contribution < 1.29 is 53.4 Å². The molecule has 0 fully saturated rings. The summed E-state index contributed by atoms with van der Waals surface area (Å²) in [6.07, 6.45) is 20.2. The molecule has 0 aliphatic rings. The van der Waals surface area contributed by atoms with Gasteiger partial charge in [0.1, 0.15) is 0 Å². The van der Waals surface area contributed by atoms with Crippen LogP contribution in [0.2, 0.25) is 0 Å². The number of carbonyl (C=O) groups excluding carboxylic acids is 1. The van der Waals surface area contributed by atoms with Gasteiger partial charge in [0.05, 0.1) is 5.75 Å². The third-order valence-electron chi connectivity index (χ3n) is 4.23. The van der Waals surface area contributed by atoms with E-state index in [2.05, 4.69) is 28.3 Å². The Morgan fingerprint density at radius 2 is 1.30 bits per heavy atom.